The van der Waals surface area contributed by atoms with Gasteiger partial charge in [0.25, 0.3) is 0 Å². The van der Waals surface area contributed by atoms with Crippen LogP contribution in [0.15, 0.2) is 0 Å². The van der Waals surface area contributed by atoms with E-state index in [1.54, 1.807) is 0 Å². The van der Waals surface area contributed by atoms with Crippen molar-refractivity contribution in [3.8, 4) is 0 Å². The van der Waals surface area contributed by atoms with E-state index in [0.29, 0.717) is 12.8 Å². The Morgan fingerprint density at radius 1 is 0.769 bits per heavy atom. The van der Waals surface area contributed by atoms with Crippen molar-refractivity contribution in [3.63, 3.8) is 0 Å². The van der Waals surface area contributed by atoms with E-state index in [4.69, 9.17) is 18.9 Å². The van der Waals surface area contributed by atoms with E-state index in [-0.39, 0.29) is 12.6 Å². The summed E-state index contributed by atoms with van der Waals surface area (Å²) in [5.41, 5.74) is 0. The topological polar surface area (TPSA) is 234 Å². The molecule has 0 saturated carbocycles. The van der Waals surface area contributed by atoms with E-state index in [1.165, 1.54) is 7.11 Å². The van der Waals surface area contributed by atoms with Gasteiger partial charge in [0.2, 0.25) is 5.91 Å². The van der Waals surface area contributed by atoms with Gasteiger partial charge >= 0.3 is 5.97 Å². The Bertz CT molecular complexity index is 727. The van der Waals surface area contributed by atoms with E-state index >= 15 is 0 Å². The van der Waals surface area contributed by atoms with Gasteiger partial charge < -0.3 is 64.7 Å². The van der Waals surface area contributed by atoms with Crippen LogP contribution in [-0.4, -0.2) is 143 Å². The second kappa shape index (κ2) is 17.3. The summed E-state index contributed by atoms with van der Waals surface area (Å²) in [7, 11) is 1.35. The van der Waals surface area contributed by atoms with Crippen molar-refractivity contribution in [3.05, 3.63) is 0 Å². The van der Waals surface area contributed by atoms with Crippen LogP contribution in [0.2, 0.25) is 0 Å². The molecule has 8 N–H and O–H groups in total. The number of hydrogen-bond acceptors (Lipinski definition) is 14. The standard InChI is InChI=1S/C24H43NO14/c1-35-16(30)8-6-4-2-3-5-7-9-36-23-17(25-15(29)12-28)22(19(32)14(11-27)37-23)39-24-21(34)20(33)18(31)13(10-26)38-24/h13-14,17-24,26-28,31-34H,2-12H2,1H3,(H,25,29)/t13?,14?,17?,18-,19+,20?,21?,22?,23+,24?/m0/s1. The lowest BCUT2D eigenvalue weighted by atomic mass is 9.95. The number of unbranched alkanes of at least 4 members (excludes halogenated alkanes) is 5. The fourth-order valence-corrected chi connectivity index (χ4v) is 4.47. The summed E-state index contributed by atoms with van der Waals surface area (Å²) in [4.78, 5) is 23.2. The lowest BCUT2D eigenvalue weighted by molar-refractivity contribution is -0.344. The Morgan fingerprint density at radius 3 is 1.97 bits per heavy atom. The first-order chi connectivity index (χ1) is 18.7. The Balaban J connectivity index is 2.01. The molecule has 2 aliphatic rings. The van der Waals surface area contributed by atoms with Crippen LogP contribution in [0.1, 0.15) is 44.9 Å². The third kappa shape index (κ3) is 9.82. The monoisotopic (exact) mass is 569 g/mol. The number of carbonyl (C=O) groups is 2. The molecule has 2 heterocycles. The van der Waals surface area contributed by atoms with Gasteiger partial charge in [0.1, 0.15) is 55.4 Å². The van der Waals surface area contributed by atoms with Gasteiger partial charge in [0.05, 0.1) is 20.3 Å². The number of nitrogens with one attached hydrogen (secondary N) is 1. The molecule has 15 nitrogen and oxygen atoms in total. The number of carbonyl (C=O) groups excluding carboxylic acids is 2. The van der Waals surface area contributed by atoms with Crippen molar-refractivity contribution in [2.24, 2.45) is 0 Å². The van der Waals surface area contributed by atoms with Crippen molar-refractivity contribution in [2.75, 3.05) is 33.5 Å². The lowest BCUT2D eigenvalue weighted by Crippen LogP contribution is -2.68. The summed E-state index contributed by atoms with van der Waals surface area (Å²) in [6.07, 6.45) is -8.33. The molecule has 2 fully saturated rings. The van der Waals surface area contributed by atoms with Crippen molar-refractivity contribution in [1.82, 2.24) is 5.32 Å². The first kappa shape index (κ1) is 33.7. The zero-order valence-corrected chi connectivity index (χ0v) is 22.0. The molecular formula is C24H43NO14. The summed E-state index contributed by atoms with van der Waals surface area (Å²) in [5, 5.41) is 72.2. The highest BCUT2D eigenvalue weighted by atomic mass is 16.7. The average molecular weight is 570 g/mol. The molecule has 39 heavy (non-hydrogen) atoms. The zero-order valence-electron chi connectivity index (χ0n) is 22.0. The van der Waals surface area contributed by atoms with Crippen LogP contribution >= 0.6 is 0 Å². The molecule has 1 amide bonds. The molecule has 0 aliphatic carbocycles. The number of amides is 1. The van der Waals surface area contributed by atoms with Gasteiger partial charge in [-0.05, 0) is 12.8 Å². The van der Waals surface area contributed by atoms with Crippen LogP contribution in [-0.2, 0) is 33.3 Å². The average Bonchev–Trinajstić information content (AvgIpc) is 2.94. The van der Waals surface area contributed by atoms with Gasteiger partial charge in [-0.15, -0.1) is 0 Å². The number of methoxy groups -OCH3 is 1. The number of rotatable bonds is 16. The van der Waals surface area contributed by atoms with Gasteiger partial charge in [-0.25, -0.2) is 0 Å². The SMILES string of the molecule is COC(=O)CCCCCCCCO[C@@H]1OC(CO)[C@@H](O)C(OC2OC(CO)[C@H](O)C(O)C2O)C1NC(=O)CO. The predicted molar refractivity (Wildman–Crippen MR) is 130 cm³/mol. The van der Waals surface area contributed by atoms with E-state index < -0.39 is 87.1 Å². The molecule has 10 atom stereocenters. The highest BCUT2D eigenvalue weighted by molar-refractivity contribution is 5.77. The molecule has 0 aromatic rings. The molecule has 0 bridgehead atoms. The van der Waals surface area contributed by atoms with Crippen molar-refractivity contribution in [2.45, 2.75) is 106 Å². The van der Waals surface area contributed by atoms with Crippen LogP contribution in [0.5, 0.6) is 0 Å². The number of hydrogen-bond donors (Lipinski definition) is 8. The van der Waals surface area contributed by atoms with Gasteiger partial charge in [-0.2, -0.15) is 0 Å². The van der Waals surface area contributed by atoms with Gasteiger partial charge in [0.15, 0.2) is 12.6 Å². The number of aliphatic hydroxyl groups excluding tert-OH is 7. The van der Waals surface area contributed by atoms with Gasteiger partial charge in [-0.1, -0.05) is 25.7 Å². The molecule has 0 aromatic carbocycles. The summed E-state index contributed by atoms with van der Waals surface area (Å²) in [5.74, 6) is -1.08. The fourth-order valence-electron chi connectivity index (χ4n) is 4.47. The van der Waals surface area contributed by atoms with E-state index in [0.717, 1.165) is 32.1 Å². The molecule has 7 unspecified atom stereocenters. The fraction of sp³-hybridized carbons (Fsp3) is 0.917. The normalized spacial score (nSPS) is 35.0. The number of ether oxygens (including phenoxy) is 5. The Hall–Kier alpha value is -1.50. The minimum atomic E-state index is -1.79. The summed E-state index contributed by atoms with van der Waals surface area (Å²) >= 11 is 0. The molecule has 0 spiro atoms. The first-order valence-electron chi connectivity index (χ1n) is 13.2. The molecule has 0 aromatic heterocycles. The maximum Gasteiger partial charge on any atom is 0.305 e. The molecule has 2 saturated heterocycles. The molecule has 2 aliphatic heterocycles. The predicted octanol–water partition coefficient (Wildman–Crippen LogP) is -3.35. The Morgan fingerprint density at radius 2 is 1.36 bits per heavy atom. The quantitative estimate of drug-likeness (QED) is 0.0670. The largest absolute Gasteiger partial charge is 0.469 e. The third-order valence-corrected chi connectivity index (χ3v) is 6.75. The van der Waals surface area contributed by atoms with Crippen LogP contribution < -0.4 is 5.32 Å². The van der Waals surface area contributed by atoms with Gasteiger partial charge in [-0.3, -0.25) is 9.59 Å². The summed E-state index contributed by atoms with van der Waals surface area (Å²) in [6.45, 7) is -2.07. The highest BCUT2D eigenvalue weighted by Gasteiger charge is 2.51. The minimum Gasteiger partial charge on any atom is -0.469 e. The van der Waals surface area contributed by atoms with Crippen molar-refractivity contribution < 1.29 is 69.0 Å². The second-order valence-corrected chi connectivity index (χ2v) is 9.58. The van der Waals surface area contributed by atoms with Crippen LogP contribution in [0, 0.1) is 0 Å². The van der Waals surface area contributed by atoms with Crippen molar-refractivity contribution >= 4 is 11.9 Å². The highest BCUT2D eigenvalue weighted by Crippen LogP contribution is 2.30. The summed E-state index contributed by atoms with van der Waals surface area (Å²) < 4.78 is 27.2. The van der Waals surface area contributed by atoms with Crippen LogP contribution in [0.3, 0.4) is 0 Å². The molecule has 228 valence electrons. The zero-order chi connectivity index (χ0) is 28.9. The first-order valence-corrected chi connectivity index (χ1v) is 13.2. The molecule has 15 heteroatoms. The van der Waals surface area contributed by atoms with Crippen LogP contribution in [0.4, 0.5) is 0 Å². The number of esters is 1. The maximum atomic E-state index is 12.1. The second-order valence-electron chi connectivity index (χ2n) is 9.58. The lowest BCUT2D eigenvalue weighted by Gasteiger charge is -2.47. The van der Waals surface area contributed by atoms with E-state index in [9.17, 15) is 45.3 Å². The number of aliphatic hydroxyl groups is 7. The molecular weight excluding hydrogens is 526 g/mol. The minimum absolute atomic E-state index is 0.180. The Labute approximate surface area is 226 Å². The maximum absolute atomic E-state index is 12.1. The van der Waals surface area contributed by atoms with E-state index in [2.05, 4.69) is 10.1 Å². The summed E-state index contributed by atoms with van der Waals surface area (Å²) in [6, 6.07) is -1.24. The van der Waals surface area contributed by atoms with E-state index in [1.807, 2.05) is 0 Å². The molecule has 0 radical (unpaired) electrons. The third-order valence-electron chi connectivity index (χ3n) is 6.75. The Kier molecular flexibility index (Phi) is 15.0. The van der Waals surface area contributed by atoms with Gasteiger partial charge in [0, 0.05) is 13.0 Å². The smallest absolute Gasteiger partial charge is 0.305 e. The molecule has 2 rings (SSSR count). The van der Waals surface area contributed by atoms with Crippen molar-refractivity contribution in [1.29, 1.82) is 0 Å². The van der Waals surface area contributed by atoms with Crippen LogP contribution in [0.25, 0.3) is 0 Å².